The fourth-order valence-electron chi connectivity index (χ4n) is 2.55. The molecule has 1 fully saturated rings. The van der Waals surface area contributed by atoms with Crippen molar-refractivity contribution in [2.75, 3.05) is 20.1 Å². The monoisotopic (exact) mass is 270 g/mol. The van der Waals surface area contributed by atoms with Crippen LogP contribution in [0.1, 0.15) is 23.8 Å². The molecule has 1 aliphatic heterocycles. The number of carbonyl (C=O) groups is 1. The van der Waals surface area contributed by atoms with Crippen LogP contribution < -0.4 is 5.32 Å². The van der Waals surface area contributed by atoms with Crippen LogP contribution in [0, 0.1) is 5.92 Å². The Labute approximate surface area is 112 Å². The summed E-state index contributed by atoms with van der Waals surface area (Å²) in [7, 11) is 3.62. The third kappa shape index (κ3) is 2.24. The number of aryl methyl sites for hydroxylation is 1. The van der Waals surface area contributed by atoms with Gasteiger partial charge in [0, 0.05) is 33.2 Å². The van der Waals surface area contributed by atoms with Crippen LogP contribution in [0.25, 0.3) is 0 Å². The van der Waals surface area contributed by atoms with Crippen molar-refractivity contribution in [3.05, 3.63) is 17.2 Å². The standard InChI is InChI=1S/C12H19ClN4O/c1-4-8-5-14-6-9(8)17(3)12(18)10-11(13)15-7-16(10)2/h7-9,14H,4-6H2,1-3H3/t8-,9+/m1/s1. The van der Waals surface area contributed by atoms with Gasteiger partial charge in [-0.15, -0.1) is 0 Å². The number of nitrogens with one attached hydrogen (secondary N) is 1. The topological polar surface area (TPSA) is 50.2 Å². The van der Waals surface area contributed by atoms with Crippen molar-refractivity contribution in [2.45, 2.75) is 19.4 Å². The van der Waals surface area contributed by atoms with Gasteiger partial charge in [-0.05, 0) is 5.92 Å². The fraction of sp³-hybridized carbons (Fsp3) is 0.667. The highest BCUT2D eigenvalue weighted by atomic mass is 35.5. The average molecular weight is 271 g/mol. The molecule has 5 nitrogen and oxygen atoms in total. The van der Waals surface area contributed by atoms with Gasteiger partial charge in [-0.2, -0.15) is 0 Å². The van der Waals surface area contributed by atoms with Crippen molar-refractivity contribution in [2.24, 2.45) is 13.0 Å². The molecular formula is C12H19ClN4O. The lowest BCUT2D eigenvalue weighted by Gasteiger charge is -2.28. The minimum atomic E-state index is -0.0628. The Hall–Kier alpha value is -1.07. The predicted molar refractivity (Wildman–Crippen MR) is 70.8 cm³/mol. The molecule has 0 unspecified atom stereocenters. The van der Waals surface area contributed by atoms with E-state index >= 15 is 0 Å². The van der Waals surface area contributed by atoms with E-state index in [4.69, 9.17) is 11.6 Å². The second-order valence-corrected chi connectivity index (χ2v) is 5.16. The van der Waals surface area contributed by atoms with E-state index in [2.05, 4.69) is 17.2 Å². The van der Waals surface area contributed by atoms with Crippen LogP contribution in [0.3, 0.4) is 0 Å². The van der Waals surface area contributed by atoms with Crippen molar-refractivity contribution >= 4 is 17.5 Å². The highest BCUT2D eigenvalue weighted by molar-refractivity contribution is 6.32. The summed E-state index contributed by atoms with van der Waals surface area (Å²) in [5.74, 6) is 0.443. The van der Waals surface area contributed by atoms with Gasteiger partial charge in [-0.1, -0.05) is 24.9 Å². The Balaban J connectivity index is 2.19. The van der Waals surface area contributed by atoms with E-state index in [1.165, 1.54) is 0 Å². The number of aromatic nitrogens is 2. The van der Waals surface area contributed by atoms with E-state index in [9.17, 15) is 4.79 Å². The zero-order valence-electron chi connectivity index (χ0n) is 11.0. The number of hydrogen-bond acceptors (Lipinski definition) is 3. The number of likely N-dealkylation sites (N-methyl/N-ethyl adjacent to an activating group) is 1. The number of rotatable bonds is 3. The first-order chi connectivity index (χ1) is 8.56. The fourth-order valence-corrected chi connectivity index (χ4v) is 2.81. The van der Waals surface area contributed by atoms with Gasteiger partial charge in [0.25, 0.3) is 5.91 Å². The Kier molecular flexibility index (Phi) is 3.92. The minimum Gasteiger partial charge on any atom is -0.336 e. The maximum absolute atomic E-state index is 12.4. The number of carbonyl (C=O) groups excluding carboxylic acids is 1. The summed E-state index contributed by atoms with van der Waals surface area (Å²) >= 11 is 5.97. The molecule has 18 heavy (non-hydrogen) atoms. The van der Waals surface area contributed by atoms with Crippen LogP contribution in [-0.4, -0.2) is 46.5 Å². The minimum absolute atomic E-state index is 0.0628. The molecule has 1 aromatic rings. The molecule has 0 spiro atoms. The molecule has 0 aromatic carbocycles. The summed E-state index contributed by atoms with van der Waals surface area (Å²) in [5.41, 5.74) is 0.459. The molecule has 100 valence electrons. The van der Waals surface area contributed by atoms with E-state index in [-0.39, 0.29) is 17.1 Å². The normalized spacial score (nSPS) is 23.3. The van der Waals surface area contributed by atoms with E-state index in [0.717, 1.165) is 19.5 Å². The first-order valence-corrected chi connectivity index (χ1v) is 6.58. The molecule has 1 saturated heterocycles. The summed E-state index contributed by atoms with van der Waals surface area (Å²) in [6, 6.07) is 0.230. The van der Waals surface area contributed by atoms with Crippen molar-refractivity contribution in [3.8, 4) is 0 Å². The molecular weight excluding hydrogens is 252 g/mol. The second kappa shape index (κ2) is 5.28. The van der Waals surface area contributed by atoms with E-state index in [0.29, 0.717) is 11.6 Å². The Morgan fingerprint density at radius 2 is 2.39 bits per heavy atom. The van der Waals surface area contributed by atoms with Crippen molar-refractivity contribution in [3.63, 3.8) is 0 Å². The number of amides is 1. The third-order valence-corrected chi connectivity index (χ3v) is 4.02. The first kappa shape index (κ1) is 13.4. The molecule has 2 heterocycles. The van der Waals surface area contributed by atoms with Gasteiger partial charge < -0.3 is 14.8 Å². The Morgan fingerprint density at radius 1 is 1.67 bits per heavy atom. The lowest BCUT2D eigenvalue weighted by molar-refractivity contribution is 0.0699. The lowest BCUT2D eigenvalue weighted by Crippen LogP contribution is -2.42. The molecule has 1 aliphatic rings. The highest BCUT2D eigenvalue weighted by Crippen LogP contribution is 2.21. The van der Waals surface area contributed by atoms with Crippen LogP contribution in [-0.2, 0) is 7.05 Å². The van der Waals surface area contributed by atoms with Crippen molar-refractivity contribution in [1.29, 1.82) is 0 Å². The Morgan fingerprint density at radius 3 is 2.94 bits per heavy atom. The number of hydrogen-bond donors (Lipinski definition) is 1. The summed E-state index contributed by atoms with van der Waals surface area (Å²) in [6.07, 6.45) is 2.63. The number of halogens is 1. The lowest BCUT2D eigenvalue weighted by atomic mass is 9.99. The highest BCUT2D eigenvalue weighted by Gasteiger charge is 2.33. The Bertz CT molecular complexity index is 426. The SMILES string of the molecule is CC[C@@H]1CNC[C@@H]1N(C)C(=O)c1c(Cl)ncn1C. The molecule has 2 rings (SSSR count). The third-order valence-electron chi connectivity index (χ3n) is 3.74. The smallest absolute Gasteiger partial charge is 0.273 e. The molecule has 2 atom stereocenters. The molecule has 1 N–H and O–H groups in total. The van der Waals surface area contributed by atoms with Gasteiger partial charge in [0.05, 0.1) is 6.33 Å². The molecule has 0 radical (unpaired) electrons. The van der Waals surface area contributed by atoms with Crippen LogP contribution >= 0.6 is 11.6 Å². The maximum Gasteiger partial charge on any atom is 0.273 e. The molecule has 0 bridgehead atoms. The van der Waals surface area contributed by atoms with Gasteiger partial charge in [0.2, 0.25) is 0 Å². The van der Waals surface area contributed by atoms with Crippen LogP contribution in [0.4, 0.5) is 0 Å². The van der Waals surface area contributed by atoms with Crippen LogP contribution in [0.5, 0.6) is 0 Å². The average Bonchev–Trinajstić information content (AvgIpc) is 2.94. The van der Waals surface area contributed by atoms with Crippen LogP contribution in [0.15, 0.2) is 6.33 Å². The van der Waals surface area contributed by atoms with E-state index in [1.807, 2.05) is 7.05 Å². The molecule has 0 saturated carbocycles. The zero-order chi connectivity index (χ0) is 13.3. The van der Waals surface area contributed by atoms with Crippen molar-refractivity contribution < 1.29 is 4.79 Å². The number of imidazole rings is 1. The summed E-state index contributed by atoms with van der Waals surface area (Å²) < 4.78 is 1.67. The van der Waals surface area contributed by atoms with Gasteiger partial charge >= 0.3 is 0 Å². The summed E-state index contributed by atoms with van der Waals surface area (Å²) in [4.78, 5) is 18.2. The molecule has 1 aromatic heterocycles. The van der Waals surface area contributed by atoms with E-state index < -0.39 is 0 Å². The van der Waals surface area contributed by atoms with Gasteiger partial charge in [-0.25, -0.2) is 4.98 Å². The van der Waals surface area contributed by atoms with Gasteiger partial charge in [-0.3, -0.25) is 4.79 Å². The zero-order valence-corrected chi connectivity index (χ0v) is 11.7. The van der Waals surface area contributed by atoms with E-state index in [1.54, 1.807) is 22.8 Å². The predicted octanol–water partition coefficient (Wildman–Crippen LogP) is 1.14. The molecule has 1 amide bonds. The number of nitrogens with zero attached hydrogens (tertiary/aromatic N) is 3. The quantitative estimate of drug-likeness (QED) is 0.896. The largest absolute Gasteiger partial charge is 0.336 e. The first-order valence-electron chi connectivity index (χ1n) is 6.21. The second-order valence-electron chi connectivity index (χ2n) is 4.80. The van der Waals surface area contributed by atoms with Crippen molar-refractivity contribution in [1.82, 2.24) is 19.8 Å². The molecule has 6 heteroatoms. The summed E-state index contributed by atoms with van der Waals surface area (Å²) in [6.45, 7) is 3.97. The van der Waals surface area contributed by atoms with Gasteiger partial charge in [0.15, 0.2) is 5.15 Å². The summed E-state index contributed by atoms with van der Waals surface area (Å²) in [5, 5.41) is 3.61. The van der Waals surface area contributed by atoms with Crippen LogP contribution in [0.2, 0.25) is 5.15 Å². The van der Waals surface area contributed by atoms with Gasteiger partial charge in [0.1, 0.15) is 5.69 Å². The maximum atomic E-state index is 12.4. The molecule has 0 aliphatic carbocycles.